The van der Waals surface area contributed by atoms with Gasteiger partial charge in [0.2, 0.25) is 0 Å². The number of anilines is 1. The summed E-state index contributed by atoms with van der Waals surface area (Å²) in [6.45, 7) is 0. The minimum absolute atomic E-state index is 0. The van der Waals surface area contributed by atoms with E-state index in [0.29, 0.717) is 0 Å². The fourth-order valence-electron chi connectivity index (χ4n) is 0.632. The molecule has 0 aliphatic carbocycles. The maximum atomic E-state index is 5.65. The van der Waals surface area contributed by atoms with E-state index in [9.17, 15) is 0 Å². The average molecular weight is 396 g/mol. The van der Waals surface area contributed by atoms with E-state index in [2.05, 4.69) is 5.32 Å². The molecule has 0 heterocycles. The van der Waals surface area contributed by atoms with Crippen LogP contribution in [0.1, 0.15) is 0 Å². The van der Waals surface area contributed by atoms with Crippen molar-refractivity contribution in [1.29, 1.82) is 0 Å². The van der Waals surface area contributed by atoms with Gasteiger partial charge in [0.15, 0.2) is 0 Å². The van der Waals surface area contributed by atoms with Gasteiger partial charge < -0.3 is 14.9 Å². The Morgan fingerprint density at radius 3 is 2.08 bits per heavy atom. The van der Waals surface area contributed by atoms with Crippen molar-refractivity contribution in [3.05, 3.63) is 45.2 Å². The zero-order valence-corrected chi connectivity index (χ0v) is 11.6. The number of benzene rings is 1. The van der Waals surface area contributed by atoms with Gasteiger partial charge in [-0.3, -0.25) is 0 Å². The number of hydrogen-bond acceptors (Lipinski definition) is 1. The van der Waals surface area contributed by atoms with Crippen LogP contribution >= 0.6 is 19.3 Å². The van der Waals surface area contributed by atoms with Crippen molar-refractivity contribution >= 4 is 29.7 Å². The summed E-state index contributed by atoms with van der Waals surface area (Å²) < 4.78 is 1.79. The van der Waals surface area contributed by atoms with E-state index in [1.54, 1.807) is 4.69 Å². The summed E-state index contributed by atoms with van der Waals surface area (Å²) in [5.41, 5.74) is 1.03. The Morgan fingerprint density at radius 1 is 1.08 bits per heavy atom. The van der Waals surface area contributed by atoms with Gasteiger partial charge in [0.05, 0.1) is 0 Å². The third kappa shape index (κ3) is 7.20. The normalized spacial score (nSPS) is 8.92. The van der Waals surface area contributed by atoms with Gasteiger partial charge in [-0.15, -0.1) is 0 Å². The second kappa shape index (κ2) is 8.69. The Balaban J connectivity index is 0. The topological polar surface area (TPSA) is 12.0 Å². The molecule has 13 heavy (non-hydrogen) atoms. The fourth-order valence-corrected chi connectivity index (χ4v) is 1.96. The SMILES string of the molecule is [CH3-].[CH3-].[Cl][Os]([Cl])=[CH]Nc1ccccc1. The monoisotopic (exact) mass is 397 g/mol. The van der Waals surface area contributed by atoms with E-state index in [1.807, 2.05) is 30.3 Å². The molecule has 0 spiro atoms. The van der Waals surface area contributed by atoms with Crippen molar-refractivity contribution in [3.63, 3.8) is 0 Å². The molecule has 0 aromatic heterocycles. The minimum atomic E-state index is -1.94. The summed E-state index contributed by atoms with van der Waals surface area (Å²) in [6.07, 6.45) is 0. The summed E-state index contributed by atoms with van der Waals surface area (Å²) in [6, 6.07) is 9.81. The molecule has 1 aromatic carbocycles. The molecule has 4 heteroatoms. The molecule has 0 saturated carbocycles. The van der Waals surface area contributed by atoms with Gasteiger partial charge in [0.25, 0.3) is 0 Å². The van der Waals surface area contributed by atoms with E-state index >= 15 is 0 Å². The molecule has 0 amide bonds. The van der Waals surface area contributed by atoms with Crippen LogP contribution in [0.2, 0.25) is 0 Å². The van der Waals surface area contributed by atoms with Crippen molar-refractivity contribution in [1.82, 2.24) is 0 Å². The van der Waals surface area contributed by atoms with Crippen LogP contribution in [-0.4, -0.2) is 4.69 Å². The predicted octanol–water partition coefficient (Wildman–Crippen LogP) is 3.68. The Kier molecular flexibility index (Phi) is 10.4. The number of nitrogens with one attached hydrogen (secondary N) is 1. The van der Waals surface area contributed by atoms with Crippen molar-refractivity contribution in [3.8, 4) is 0 Å². The Bertz CT molecular complexity index is 245. The molecule has 78 valence electrons. The van der Waals surface area contributed by atoms with Crippen LogP contribution in [0.25, 0.3) is 0 Å². The Hall–Kier alpha value is 0.106. The standard InChI is InChI=1S/C7H7N.2CH3.2ClH.Os/c1-8-7-5-3-2-4-6-7;;;;;/h1-6,8H;2*1H3;2*1H;/q;2*-1;;;+2/p-2. The first-order valence-corrected chi connectivity index (χ1v) is 10.7. The van der Waals surface area contributed by atoms with E-state index in [4.69, 9.17) is 19.3 Å². The molecule has 1 N–H and O–H groups in total. The van der Waals surface area contributed by atoms with Gasteiger partial charge in [-0.1, -0.05) is 0 Å². The number of halogens is 2. The summed E-state index contributed by atoms with van der Waals surface area (Å²) in [5.74, 6) is 0. The van der Waals surface area contributed by atoms with Gasteiger partial charge in [0.1, 0.15) is 0 Å². The molecule has 1 nitrogen and oxygen atoms in total. The molecule has 0 aliphatic rings. The molecule has 1 rings (SSSR count). The zero-order chi connectivity index (χ0) is 8.10. The molecule has 0 aliphatic heterocycles. The van der Waals surface area contributed by atoms with Crippen molar-refractivity contribution in [2.24, 2.45) is 0 Å². The van der Waals surface area contributed by atoms with E-state index in [-0.39, 0.29) is 14.9 Å². The van der Waals surface area contributed by atoms with Crippen molar-refractivity contribution in [2.45, 2.75) is 0 Å². The maximum absolute atomic E-state index is 5.65. The summed E-state index contributed by atoms with van der Waals surface area (Å²) >= 11 is -1.94. The van der Waals surface area contributed by atoms with Crippen LogP contribution in [0.3, 0.4) is 0 Å². The first kappa shape index (κ1) is 15.6. The van der Waals surface area contributed by atoms with Crippen LogP contribution in [-0.2, 0) is 13.8 Å². The molecule has 0 unspecified atom stereocenters. The predicted molar refractivity (Wildman–Crippen MR) is 60.7 cm³/mol. The van der Waals surface area contributed by atoms with Crippen molar-refractivity contribution < 1.29 is 13.8 Å². The Labute approximate surface area is 93.7 Å². The van der Waals surface area contributed by atoms with Crippen LogP contribution < -0.4 is 5.32 Å². The molecule has 0 atom stereocenters. The molecular formula is C9H13Cl2NOs-2. The number of rotatable bonds is 2. The molecule has 0 saturated heterocycles. The number of hydrogen-bond donors (Lipinski definition) is 1. The second-order valence-corrected chi connectivity index (χ2v) is 9.86. The molecule has 1 aromatic rings. The second-order valence-electron chi connectivity index (χ2n) is 1.82. The van der Waals surface area contributed by atoms with Gasteiger partial charge >= 0.3 is 79.1 Å². The van der Waals surface area contributed by atoms with Gasteiger partial charge in [-0.2, -0.15) is 0 Å². The molecule has 0 fully saturated rings. The summed E-state index contributed by atoms with van der Waals surface area (Å²) in [7, 11) is 11.3. The van der Waals surface area contributed by atoms with E-state index in [1.165, 1.54) is 0 Å². The molecular weight excluding hydrogens is 383 g/mol. The van der Waals surface area contributed by atoms with Crippen LogP contribution in [0, 0.1) is 14.9 Å². The molecule has 0 bridgehead atoms. The third-order valence-electron chi connectivity index (χ3n) is 1.07. The van der Waals surface area contributed by atoms with Crippen molar-refractivity contribution in [2.75, 3.05) is 5.32 Å². The Morgan fingerprint density at radius 2 is 1.62 bits per heavy atom. The average Bonchev–Trinajstić information content (AvgIpc) is 2.03. The van der Waals surface area contributed by atoms with Gasteiger partial charge in [-0.05, 0) is 0 Å². The van der Waals surface area contributed by atoms with Crippen LogP contribution in [0.4, 0.5) is 5.69 Å². The van der Waals surface area contributed by atoms with Crippen LogP contribution in [0.15, 0.2) is 30.3 Å². The first-order chi connectivity index (χ1) is 5.29. The fraction of sp³-hybridized carbons (Fsp3) is 0. The zero-order valence-electron chi connectivity index (χ0n) is 7.57. The van der Waals surface area contributed by atoms with E-state index in [0.717, 1.165) is 5.69 Å². The van der Waals surface area contributed by atoms with Crippen LogP contribution in [0.5, 0.6) is 0 Å². The molecule has 0 radical (unpaired) electrons. The van der Waals surface area contributed by atoms with Gasteiger partial charge in [0, 0.05) is 0 Å². The quantitative estimate of drug-likeness (QED) is 0.752. The van der Waals surface area contributed by atoms with E-state index < -0.39 is 13.8 Å². The summed E-state index contributed by atoms with van der Waals surface area (Å²) in [4.78, 5) is 0. The first-order valence-electron chi connectivity index (χ1n) is 2.92. The van der Waals surface area contributed by atoms with Gasteiger partial charge in [-0.25, -0.2) is 0 Å². The number of para-hydroxylation sites is 1. The third-order valence-corrected chi connectivity index (χ3v) is 3.25. The summed E-state index contributed by atoms with van der Waals surface area (Å²) in [5, 5.41) is 3.03.